The van der Waals surface area contributed by atoms with Crippen molar-refractivity contribution < 1.29 is 4.39 Å². The van der Waals surface area contributed by atoms with Gasteiger partial charge in [-0.15, -0.1) is 0 Å². The van der Waals surface area contributed by atoms with Gasteiger partial charge in [-0.25, -0.2) is 4.39 Å². The van der Waals surface area contributed by atoms with Crippen molar-refractivity contribution in [3.63, 3.8) is 0 Å². The SMILES string of the molecule is CC1(C)c2ccccc2-c2ccc(N(c3ccccc3)c3cc(-c4ccc5c(c4)c4ccccc4n5-c4ccccc4)cc(N(C4=CCCC=C4)c4ccc(F)cc4)c3)cc21. The number of hydrogen-bond acceptors (Lipinski definition) is 2. The number of halogens is 1. The number of nitrogens with zero attached hydrogens (tertiary/aromatic N) is 3. The van der Waals surface area contributed by atoms with Crippen LogP contribution in [0.3, 0.4) is 0 Å². The highest BCUT2D eigenvalue weighted by molar-refractivity contribution is 6.10. The number of hydrogen-bond donors (Lipinski definition) is 0. The third kappa shape index (κ3) is 6.26. The molecule has 0 radical (unpaired) electrons. The summed E-state index contributed by atoms with van der Waals surface area (Å²) >= 11 is 0. The lowest BCUT2D eigenvalue weighted by molar-refractivity contribution is 0.628. The van der Waals surface area contributed by atoms with Crippen LogP contribution < -0.4 is 9.80 Å². The second-order valence-corrected chi connectivity index (χ2v) is 16.7. The van der Waals surface area contributed by atoms with E-state index in [2.05, 4.69) is 210 Å². The molecule has 0 bridgehead atoms. The molecule has 0 unspecified atom stereocenters. The Hall–Kier alpha value is -7.43. The molecule has 0 atom stereocenters. The average Bonchev–Trinajstić information content (AvgIpc) is 3.76. The third-order valence-electron chi connectivity index (χ3n) is 12.6. The molecule has 0 amide bonds. The van der Waals surface area contributed by atoms with E-state index in [1.54, 1.807) is 12.1 Å². The molecule has 0 N–H and O–H groups in total. The van der Waals surface area contributed by atoms with E-state index in [1.165, 1.54) is 38.5 Å². The summed E-state index contributed by atoms with van der Waals surface area (Å²) in [7, 11) is 0. The number of anilines is 5. The lowest BCUT2D eigenvalue weighted by atomic mass is 9.82. The van der Waals surface area contributed by atoms with Gasteiger partial charge in [0.15, 0.2) is 0 Å². The van der Waals surface area contributed by atoms with Crippen molar-refractivity contribution in [3.05, 3.63) is 229 Å². The normalized spacial score (nSPS) is 13.9. The average molecular weight is 790 g/mol. The minimum Gasteiger partial charge on any atom is -0.311 e. The highest BCUT2D eigenvalue weighted by atomic mass is 19.1. The molecule has 1 heterocycles. The van der Waals surface area contributed by atoms with E-state index in [9.17, 15) is 4.39 Å². The van der Waals surface area contributed by atoms with Crippen LogP contribution in [0.2, 0.25) is 0 Å². The predicted octanol–water partition coefficient (Wildman–Crippen LogP) is 15.7. The molecule has 0 spiro atoms. The first kappa shape index (κ1) is 36.6. The summed E-state index contributed by atoms with van der Waals surface area (Å²) < 4.78 is 16.9. The van der Waals surface area contributed by atoms with Gasteiger partial charge in [0.1, 0.15) is 5.82 Å². The Labute approximate surface area is 356 Å². The monoisotopic (exact) mass is 789 g/mol. The molecule has 4 heteroatoms. The Morgan fingerprint density at radius 1 is 0.475 bits per heavy atom. The molecule has 294 valence electrons. The van der Waals surface area contributed by atoms with Gasteiger partial charge < -0.3 is 14.4 Å². The topological polar surface area (TPSA) is 11.4 Å². The maximum atomic E-state index is 14.6. The van der Waals surface area contributed by atoms with Gasteiger partial charge in [0, 0.05) is 56.0 Å². The molecule has 2 aliphatic rings. The number of allylic oxidation sites excluding steroid dienone is 3. The van der Waals surface area contributed by atoms with Crippen molar-refractivity contribution >= 4 is 50.2 Å². The molecule has 61 heavy (non-hydrogen) atoms. The maximum Gasteiger partial charge on any atom is 0.123 e. The minimum absolute atomic E-state index is 0.162. The summed E-state index contributed by atoms with van der Waals surface area (Å²) in [5.41, 5.74) is 16.8. The Balaban J connectivity index is 1.16. The summed E-state index contributed by atoms with van der Waals surface area (Å²) in [5.74, 6) is -0.258. The first-order valence-electron chi connectivity index (χ1n) is 21.2. The van der Waals surface area contributed by atoms with E-state index in [1.807, 2.05) is 12.1 Å². The van der Waals surface area contributed by atoms with Crippen LogP contribution in [0.4, 0.5) is 32.8 Å². The van der Waals surface area contributed by atoms with Crippen LogP contribution in [-0.2, 0) is 5.41 Å². The Kier molecular flexibility index (Phi) is 8.82. The molecule has 0 aliphatic heterocycles. The van der Waals surface area contributed by atoms with Gasteiger partial charge in [-0.05, 0) is 149 Å². The van der Waals surface area contributed by atoms with E-state index in [4.69, 9.17) is 0 Å². The van der Waals surface area contributed by atoms with Crippen molar-refractivity contribution in [2.24, 2.45) is 0 Å². The molecule has 0 saturated carbocycles. The summed E-state index contributed by atoms with van der Waals surface area (Å²) in [6, 6.07) is 66.4. The van der Waals surface area contributed by atoms with Gasteiger partial charge in [0.2, 0.25) is 0 Å². The molecule has 2 aliphatic carbocycles. The zero-order valence-electron chi connectivity index (χ0n) is 34.3. The molecular weight excluding hydrogens is 746 g/mol. The van der Waals surface area contributed by atoms with E-state index in [-0.39, 0.29) is 11.2 Å². The van der Waals surface area contributed by atoms with Crippen molar-refractivity contribution in [3.8, 4) is 27.9 Å². The maximum absolute atomic E-state index is 14.6. The van der Waals surface area contributed by atoms with Crippen molar-refractivity contribution in [1.29, 1.82) is 0 Å². The Bertz CT molecular complexity index is 3170. The number of aromatic nitrogens is 1. The Morgan fingerprint density at radius 3 is 1.92 bits per heavy atom. The second-order valence-electron chi connectivity index (χ2n) is 16.7. The fourth-order valence-corrected chi connectivity index (χ4v) is 9.69. The first-order valence-corrected chi connectivity index (χ1v) is 21.2. The van der Waals surface area contributed by atoms with Crippen LogP contribution in [0.5, 0.6) is 0 Å². The molecule has 3 nitrogen and oxygen atoms in total. The zero-order chi connectivity index (χ0) is 41.1. The lowest BCUT2D eigenvalue weighted by Crippen LogP contribution is -2.18. The molecule has 0 saturated heterocycles. The summed E-state index contributed by atoms with van der Waals surface area (Å²) in [5, 5.41) is 2.40. The highest BCUT2D eigenvalue weighted by Crippen LogP contribution is 2.51. The molecule has 9 aromatic rings. The van der Waals surface area contributed by atoms with Gasteiger partial charge in [-0.1, -0.05) is 117 Å². The number of rotatable bonds is 8. The quantitative estimate of drug-likeness (QED) is 0.152. The third-order valence-corrected chi connectivity index (χ3v) is 12.6. The largest absolute Gasteiger partial charge is 0.311 e. The van der Waals surface area contributed by atoms with Crippen molar-refractivity contribution in [2.45, 2.75) is 32.1 Å². The molecule has 0 fully saturated rings. The van der Waals surface area contributed by atoms with Crippen LogP contribution in [-0.4, -0.2) is 4.57 Å². The van der Waals surface area contributed by atoms with E-state index in [0.717, 1.165) is 69.3 Å². The van der Waals surface area contributed by atoms with Gasteiger partial charge in [0.05, 0.1) is 11.0 Å². The zero-order valence-corrected chi connectivity index (χ0v) is 34.3. The van der Waals surface area contributed by atoms with Crippen LogP contribution in [0.1, 0.15) is 37.8 Å². The van der Waals surface area contributed by atoms with Crippen LogP contribution in [0.25, 0.3) is 49.7 Å². The van der Waals surface area contributed by atoms with Crippen LogP contribution in [0, 0.1) is 5.82 Å². The summed E-state index contributed by atoms with van der Waals surface area (Å²) in [6.45, 7) is 4.67. The fourth-order valence-electron chi connectivity index (χ4n) is 9.69. The van der Waals surface area contributed by atoms with Gasteiger partial charge in [-0.2, -0.15) is 0 Å². The standard InChI is InChI=1S/C57H44FN3/c1-57(2)53-24-14-12-22-49(53)50-32-31-46(38-54(50)57)60(43-18-8-4-9-19-43)48-35-40(34-47(37-48)59(42-16-6-3-7-17-42)45-29-27-41(58)28-30-45)39-26-33-56-52(36-39)51-23-13-15-25-55(51)61(56)44-20-10-5-11-21-44/h4-6,8-38H,3,7H2,1-2H3. The van der Waals surface area contributed by atoms with Crippen molar-refractivity contribution in [2.75, 3.05) is 9.80 Å². The summed E-state index contributed by atoms with van der Waals surface area (Å²) in [6.07, 6.45) is 8.63. The van der Waals surface area contributed by atoms with Crippen LogP contribution in [0.15, 0.2) is 212 Å². The number of para-hydroxylation sites is 3. The minimum atomic E-state index is -0.258. The van der Waals surface area contributed by atoms with E-state index in [0.29, 0.717) is 0 Å². The van der Waals surface area contributed by atoms with Crippen molar-refractivity contribution in [1.82, 2.24) is 4.57 Å². The number of benzene rings is 8. The predicted molar refractivity (Wildman–Crippen MR) is 253 cm³/mol. The first-order chi connectivity index (χ1) is 29.9. The van der Waals surface area contributed by atoms with Crippen LogP contribution >= 0.6 is 0 Å². The number of fused-ring (bicyclic) bond motifs is 6. The fraction of sp³-hybridized carbons (Fsp3) is 0.0877. The molecule has 1 aromatic heterocycles. The van der Waals surface area contributed by atoms with E-state index >= 15 is 0 Å². The van der Waals surface area contributed by atoms with Gasteiger partial charge >= 0.3 is 0 Å². The second kappa shape index (κ2) is 14.7. The molecule has 8 aromatic carbocycles. The van der Waals surface area contributed by atoms with E-state index < -0.39 is 0 Å². The Morgan fingerprint density at radius 2 is 1.13 bits per heavy atom. The van der Waals surface area contributed by atoms with Gasteiger partial charge in [-0.3, -0.25) is 0 Å². The van der Waals surface area contributed by atoms with Gasteiger partial charge in [0.25, 0.3) is 0 Å². The highest BCUT2D eigenvalue weighted by Gasteiger charge is 2.36. The smallest absolute Gasteiger partial charge is 0.123 e. The summed E-state index contributed by atoms with van der Waals surface area (Å²) in [4.78, 5) is 4.66. The molecular formula is C57H44FN3. The lowest BCUT2D eigenvalue weighted by Gasteiger charge is -2.32. The molecule has 11 rings (SSSR count).